The Labute approximate surface area is 183 Å². The lowest BCUT2D eigenvalue weighted by atomic mass is 9.97. The van der Waals surface area contributed by atoms with E-state index in [1.165, 1.54) is 4.90 Å². The van der Waals surface area contributed by atoms with Crippen LogP contribution in [0.2, 0.25) is 0 Å². The number of hydrogen-bond acceptors (Lipinski definition) is 3. The van der Waals surface area contributed by atoms with Crippen molar-refractivity contribution in [3.63, 3.8) is 0 Å². The van der Waals surface area contributed by atoms with Crippen molar-refractivity contribution in [2.24, 2.45) is 5.92 Å². The maximum Gasteiger partial charge on any atom is 0.321 e. The van der Waals surface area contributed by atoms with Gasteiger partial charge in [0.2, 0.25) is 11.8 Å². The van der Waals surface area contributed by atoms with E-state index < -0.39 is 0 Å². The molecular weight excluding hydrogens is 392 g/mol. The average Bonchev–Trinajstić information content (AvgIpc) is 2.76. The van der Waals surface area contributed by atoms with E-state index in [4.69, 9.17) is 0 Å². The zero-order valence-electron chi connectivity index (χ0n) is 18.4. The lowest BCUT2D eigenvalue weighted by molar-refractivity contribution is -0.138. The third-order valence-corrected chi connectivity index (χ3v) is 5.59. The fourth-order valence-corrected chi connectivity index (χ4v) is 3.88. The highest BCUT2D eigenvalue weighted by atomic mass is 16.2. The van der Waals surface area contributed by atoms with Crippen molar-refractivity contribution in [1.29, 1.82) is 0 Å². The molecule has 1 atom stereocenters. The SMILES string of the molecule is Cc1cccc(C)c1NC(=O)CN(C)C(=O)[C@H]1CCCN(C(=O)Nc2ccccc2)C1. The third-order valence-electron chi connectivity index (χ3n) is 5.59. The predicted octanol–water partition coefficient (Wildman–Crippen LogP) is 3.64. The van der Waals surface area contributed by atoms with Gasteiger partial charge in [-0.1, -0.05) is 36.4 Å². The number of nitrogens with zero attached hydrogens (tertiary/aromatic N) is 2. The van der Waals surface area contributed by atoms with Gasteiger partial charge in [-0.3, -0.25) is 9.59 Å². The molecule has 164 valence electrons. The standard InChI is InChI=1S/C24H30N4O3/c1-17-9-7-10-18(2)22(17)26-21(29)16-27(3)23(30)19-11-8-14-28(15-19)24(31)25-20-12-5-4-6-13-20/h4-7,9-10,12-13,19H,8,11,14-16H2,1-3H3,(H,25,31)(H,26,29)/t19-/m0/s1. The van der Waals surface area contributed by atoms with Crippen LogP contribution in [0.15, 0.2) is 48.5 Å². The maximum absolute atomic E-state index is 12.9. The van der Waals surface area contributed by atoms with Crippen LogP contribution in [0.4, 0.5) is 16.2 Å². The second-order valence-electron chi connectivity index (χ2n) is 8.09. The molecule has 0 unspecified atom stereocenters. The molecule has 1 fully saturated rings. The van der Waals surface area contributed by atoms with Crippen LogP contribution in [0.25, 0.3) is 0 Å². The molecule has 0 saturated carbocycles. The van der Waals surface area contributed by atoms with Gasteiger partial charge in [0.1, 0.15) is 0 Å². The van der Waals surface area contributed by atoms with Gasteiger partial charge in [0, 0.05) is 31.5 Å². The van der Waals surface area contributed by atoms with Gasteiger partial charge in [-0.2, -0.15) is 0 Å². The lowest BCUT2D eigenvalue weighted by Gasteiger charge is -2.33. The van der Waals surface area contributed by atoms with Crippen molar-refractivity contribution in [1.82, 2.24) is 9.80 Å². The van der Waals surface area contributed by atoms with Gasteiger partial charge in [-0.05, 0) is 49.9 Å². The minimum atomic E-state index is -0.312. The van der Waals surface area contributed by atoms with Crippen LogP contribution in [0.1, 0.15) is 24.0 Å². The summed E-state index contributed by atoms with van der Waals surface area (Å²) in [5.74, 6) is -0.662. The first kappa shape index (κ1) is 22.3. The summed E-state index contributed by atoms with van der Waals surface area (Å²) < 4.78 is 0. The quantitative estimate of drug-likeness (QED) is 0.772. The molecule has 0 aromatic heterocycles. The number of amides is 4. The summed E-state index contributed by atoms with van der Waals surface area (Å²) in [6.45, 7) is 4.81. The Morgan fingerprint density at radius 1 is 1.00 bits per heavy atom. The number of urea groups is 1. The summed E-state index contributed by atoms with van der Waals surface area (Å²) >= 11 is 0. The van der Waals surface area contributed by atoms with E-state index in [1.54, 1.807) is 11.9 Å². The number of para-hydroxylation sites is 2. The minimum Gasteiger partial charge on any atom is -0.336 e. The molecule has 0 spiro atoms. The van der Waals surface area contributed by atoms with Crippen molar-refractivity contribution >= 4 is 29.2 Å². The second kappa shape index (κ2) is 10.1. The Morgan fingerprint density at radius 3 is 2.35 bits per heavy atom. The van der Waals surface area contributed by atoms with E-state index in [2.05, 4.69) is 10.6 Å². The number of carbonyl (C=O) groups excluding carboxylic acids is 3. The summed E-state index contributed by atoms with van der Waals surface area (Å²) in [5, 5.41) is 5.78. The Kier molecular flexibility index (Phi) is 7.28. The number of rotatable bonds is 5. The molecule has 2 N–H and O–H groups in total. The highest BCUT2D eigenvalue weighted by Crippen LogP contribution is 2.21. The van der Waals surface area contributed by atoms with Crippen LogP contribution in [0, 0.1) is 19.8 Å². The number of hydrogen-bond donors (Lipinski definition) is 2. The smallest absolute Gasteiger partial charge is 0.321 e. The van der Waals surface area contributed by atoms with Crippen molar-refractivity contribution < 1.29 is 14.4 Å². The molecule has 3 rings (SSSR count). The fraction of sp³-hybridized carbons (Fsp3) is 0.375. The average molecular weight is 423 g/mol. The number of anilines is 2. The summed E-state index contributed by atoms with van der Waals surface area (Å²) in [7, 11) is 1.63. The van der Waals surface area contributed by atoms with Crippen molar-refractivity contribution in [3.05, 3.63) is 59.7 Å². The normalized spacial score (nSPS) is 15.8. The van der Waals surface area contributed by atoms with Crippen molar-refractivity contribution in [3.8, 4) is 0 Å². The van der Waals surface area contributed by atoms with Crippen LogP contribution >= 0.6 is 0 Å². The van der Waals surface area contributed by atoms with E-state index in [-0.39, 0.29) is 30.3 Å². The fourth-order valence-electron chi connectivity index (χ4n) is 3.88. The molecule has 2 aromatic rings. The van der Waals surface area contributed by atoms with Crippen LogP contribution in [-0.4, -0.2) is 54.3 Å². The molecule has 0 aliphatic carbocycles. The first-order valence-corrected chi connectivity index (χ1v) is 10.6. The number of aryl methyl sites for hydroxylation is 2. The summed E-state index contributed by atoms with van der Waals surface area (Å²) in [5.41, 5.74) is 3.47. The molecule has 4 amide bonds. The van der Waals surface area contributed by atoms with E-state index in [0.717, 1.165) is 28.9 Å². The largest absolute Gasteiger partial charge is 0.336 e. The lowest BCUT2D eigenvalue weighted by Crippen LogP contribution is -2.48. The number of likely N-dealkylation sites (tertiary alicyclic amines) is 1. The van der Waals surface area contributed by atoms with Gasteiger partial charge in [0.15, 0.2) is 0 Å². The van der Waals surface area contributed by atoms with Gasteiger partial charge < -0.3 is 20.4 Å². The highest BCUT2D eigenvalue weighted by molar-refractivity contribution is 5.96. The first-order chi connectivity index (χ1) is 14.8. The molecule has 1 aliphatic rings. The number of nitrogens with one attached hydrogen (secondary N) is 2. The molecule has 1 saturated heterocycles. The van der Waals surface area contributed by atoms with E-state index in [0.29, 0.717) is 19.5 Å². The van der Waals surface area contributed by atoms with Gasteiger partial charge >= 0.3 is 6.03 Å². The summed E-state index contributed by atoms with van der Waals surface area (Å²) in [4.78, 5) is 41.1. The van der Waals surface area contributed by atoms with Crippen LogP contribution < -0.4 is 10.6 Å². The molecule has 0 radical (unpaired) electrons. The Bertz CT molecular complexity index is 925. The number of piperidine rings is 1. The molecule has 1 heterocycles. The minimum absolute atomic E-state index is 0.0285. The summed E-state index contributed by atoms with van der Waals surface area (Å²) in [6.07, 6.45) is 1.46. The molecular formula is C24H30N4O3. The number of likely N-dealkylation sites (N-methyl/N-ethyl adjacent to an activating group) is 1. The Hall–Kier alpha value is -3.35. The van der Waals surface area contributed by atoms with Crippen LogP contribution in [0.5, 0.6) is 0 Å². The summed E-state index contributed by atoms with van der Waals surface area (Å²) in [6, 6.07) is 14.9. The van der Waals surface area contributed by atoms with E-state index in [1.807, 2.05) is 62.4 Å². The van der Waals surface area contributed by atoms with Crippen molar-refractivity contribution in [2.75, 3.05) is 37.3 Å². The number of benzene rings is 2. The maximum atomic E-state index is 12.9. The van der Waals surface area contributed by atoms with Gasteiger partial charge in [0.25, 0.3) is 0 Å². The van der Waals surface area contributed by atoms with Gasteiger partial charge in [0.05, 0.1) is 12.5 Å². The zero-order valence-corrected chi connectivity index (χ0v) is 18.4. The topological polar surface area (TPSA) is 81.8 Å². The highest BCUT2D eigenvalue weighted by Gasteiger charge is 2.30. The second-order valence-corrected chi connectivity index (χ2v) is 8.09. The van der Waals surface area contributed by atoms with Crippen LogP contribution in [0.3, 0.4) is 0 Å². The van der Waals surface area contributed by atoms with E-state index >= 15 is 0 Å². The zero-order chi connectivity index (χ0) is 22.4. The molecule has 1 aliphatic heterocycles. The van der Waals surface area contributed by atoms with E-state index in [9.17, 15) is 14.4 Å². The Balaban J connectivity index is 1.55. The molecule has 7 nitrogen and oxygen atoms in total. The molecule has 31 heavy (non-hydrogen) atoms. The molecule has 7 heteroatoms. The molecule has 0 bridgehead atoms. The number of carbonyl (C=O) groups is 3. The first-order valence-electron chi connectivity index (χ1n) is 10.6. The predicted molar refractivity (Wildman–Crippen MR) is 122 cm³/mol. The van der Waals surface area contributed by atoms with Gasteiger partial charge in [-0.15, -0.1) is 0 Å². The van der Waals surface area contributed by atoms with Crippen molar-refractivity contribution in [2.45, 2.75) is 26.7 Å². The monoisotopic (exact) mass is 422 g/mol. The molecule has 2 aromatic carbocycles. The Morgan fingerprint density at radius 2 is 1.68 bits per heavy atom. The van der Waals surface area contributed by atoms with Gasteiger partial charge in [-0.25, -0.2) is 4.79 Å². The third kappa shape index (κ3) is 5.84. The van der Waals surface area contributed by atoms with Crippen LogP contribution in [-0.2, 0) is 9.59 Å².